The molecule has 0 bridgehead atoms. The molecule has 0 saturated carbocycles. The second kappa shape index (κ2) is 5.05. The second-order valence-corrected chi connectivity index (χ2v) is 9.73. The Morgan fingerprint density at radius 1 is 0.895 bits per heavy atom. The maximum absolute atomic E-state index is 13.5. The van der Waals surface area contributed by atoms with E-state index < -0.39 is 22.9 Å². The summed E-state index contributed by atoms with van der Waals surface area (Å²) < 4.78 is 62.8. The van der Waals surface area contributed by atoms with Gasteiger partial charge in [-0.25, -0.2) is 0 Å². The predicted molar refractivity (Wildman–Crippen MR) is 73.4 cm³/mol. The predicted octanol–water partition coefficient (Wildman–Crippen LogP) is 6.75. The summed E-state index contributed by atoms with van der Waals surface area (Å²) in [6.45, 7) is 1.56. The topological polar surface area (TPSA) is 37.1 Å². The van der Waals surface area contributed by atoms with E-state index in [1.54, 1.807) is 25.1 Å². The van der Waals surface area contributed by atoms with Gasteiger partial charge in [0, 0.05) is 5.30 Å². The molecule has 0 aromatic heterocycles. The minimum atomic E-state index is -5.32. The van der Waals surface area contributed by atoms with E-state index in [0.717, 1.165) is 0 Å². The monoisotopic (exact) mass is 329 g/mol. The van der Waals surface area contributed by atoms with Crippen LogP contribution in [0.5, 0.6) is 0 Å². The van der Waals surface area contributed by atoms with E-state index in [0.29, 0.717) is 5.30 Å². The molecule has 0 amide bonds. The fraction of sp³-hybridized carbons (Fsp3) is 0.111. The van der Waals surface area contributed by atoms with Crippen molar-refractivity contribution in [2.45, 2.75) is 6.92 Å². The van der Waals surface area contributed by atoms with Crippen molar-refractivity contribution in [3.63, 3.8) is 0 Å². The Bertz CT molecular complexity index is 664. The maximum Gasteiger partial charge on any atom is 0.421 e. The van der Waals surface area contributed by atoms with E-state index in [-0.39, 0.29) is 0 Å². The summed E-state index contributed by atoms with van der Waals surface area (Å²) in [7, 11) is -14.1. The van der Waals surface area contributed by atoms with Gasteiger partial charge in [-0.15, -0.1) is 21.3 Å². The van der Waals surface area contributed by atoms with Gasteiger partial charge in [-0.2, -0.15) is 9.03 Å². The summed E-state index contributed by atoms with van der Waals surface area (Å²) in [5.41, 5.74) is 0. The summed E-state index contributed by atoms with van der Waals surface area (Å²) in [6.07, 6.45) is 1.43. The van der Waals surface area contributed by atoms with Crippen LogP contribution in [0, 0.1) is 0 Å². The molecular formula is C9H10F4N3P3. The van der Waals surface area contributed by atoms with E-state index in [1.807, 2.05) is 0 Å². The lowest BCUT2D eigenvalue weighted by molar-refractivity contribution is 0.701. The summed E-state index contributed by atoms with van der Waals surface area (Å²) in [6, 6.07) is 7.83. The molecule has 0 spiro atoms. The Balaban J connectivity index is 2.84. The van der Waals surface area contributed by atoms with Gasteiger partial charge >= 0.3 is 15.7 Å². The van der Waals surface area contributed by atoms with Gasteiger partial charge in [0.1, 0.15) is 7.21 Å². The average Bonchev–Trinajstić information content (AvgIpc) is 2.26. The molecular weight excluding hydrogens is 319 g/mol. The lowest BCUT2D eigenvalue weighted by atomic mass is 10.4. The zero-order valence-electron chi connectivity index (χ0n) is 9.74. The number of nitrogens with zero attached hydrogens (tertiary/aromatic N) is 3. The molecule has 10 heteroatoms. The summed E-state index contributed by atoms with van der Waals surface area (Å²) in [4.78, 5) is 0. The van der Waals surface area contributed by atoms with Gasteiger partial charge in [-0.1, -0.05) is 36.4 Å². The van der Waals surface area contributed by atoms with Gasteiger partial charge in [-0.3, -0.25) is 0 Å². The van der Waals surface area contributed by atoms with Crippen LogP contribution in [0.15, 0.2) is 55.8 Å². The number of allylic oxidation sites excluding steroid dienone is 1. The molecule has 3 nitrogen and oxygen atoms in total. The van der Waals surface area contributed by atoms with Crippen LogP contribution in [-0.4, -0.2) is 0 Å². The van der Waals surface area contributed by atoms with Crippen molar-refractivity contribution in [2.75, 3.05) is 0 Å². The van der Waals surface area contributed by atoms with E-state index >= 15 is 0 Å². The van der Waals surface area contributed by atoms with Crippen LogP contribution >= 0.6 is 22.9 Å². The molecule has 2 rings (SSSR count). The SMILES string of the molecule is C/C=C/P1(c2ccccc2)=NP(F)(F)=NP(F)(F)=N1. The zero-order chi connectivity index (χ0) is 14.1. The minimum absolute atomic E-state index is 0.294. The average molecular weight is 329 g/mol. The van der Waals surface area contributed by atoms with E-state index in [4.69, 9.17) is 0 Å². The first kappa shape index (κ1) is 14.8. The first-order valence-electron chi connectivity index (χ1n) is 5.18. The van der Waals surface area contributed by atoms with Crippen LogP contribution in [-0.2, 0) is 0 Å². The molecule has 1 aromatic carbocycles. The Labute approximate surface area is 108 Å². The number of hydrogen-bond donors (Lipinski definition) is 0. The standard InChI is InChI=1S/C9H10F4N3P3/c1-2-8-17(9-6-4-3-5-7-9)14-18(10,11)16-19(12,13)15-17/h2-8H,1H3/b8-2+. The smallest absolute Gasteiger partial charge is 0.176 e. The summed E-state index contributed by atoms with van der Waals surface area (Å²) in [5.74, 6) is 1.26. The molecule has 0 saturated heterocycles. The molecule has 1 heterocycles. The largest absolute Gasteiger partial charge is 0.421 e. The van der Waals surface area contributed by atoms with Crippen molar-refractivity contribution >= 4 is 28.2 Å². The van der Waals surface area contributed by atoms with Crippen LogP contribution in [0.4, 0.5) is 16.8 Å². The molecule has 0 aliphatic carbocycles. The van der Waals surface area contributed by atoms with Crippen molar-refractivity contribution < 1.29 is 16.8 Å². The van der Waals surface area contributed by atoms with Crippen LogP contribution in [0.1, 0.15) is 6.92 Å². The Morgan fingerprint density at radius 3 is 2.00 bits per heavy atom. The third-order valence-electron chi connectivity index (χ3n) is 2.20. The molecule has 1 unspecified atom stereocenters. The van der Waals surface area contributed by atoms with Crippen LogP contribution < -0.4 is 5.30 Å². The third kappa shape index (κ3) is 3.28. The Morgan fingerprint density at radius 2 is 1.47 bits per heavy atom. The lowest BCUT2D eigenvalue weighted by Gasteiger charge is -2.21. The van der Waals surface area contributed by atoms with Gasteiger partial charge < -0.3 is 0 Å². The molecule has 1 aliphatic rings. The molecule has 0 radical (unpaired) electrons. The third-order valence-corrected chi connectivity index (χ3v) is 9.59. The van der Waals surface area contributed by atoms with Crippen LogP contribution in [0.3, 0.4) is 0 Å². The van der Waals surface area contributed by atoms with Gasteiger partial charge in [0.2, 0.25) is 0 Å². The number of benzene rings is 1. The van der Waals surface area contributed by atoms with Gasteiger partial charge in [0.05, 0.1) is 0 Å². The highest BCUT2D eigenvalue weighted by atomic mass is 31.3. The normalized spacial score (nSPS) is 28.3. The second-order valence-electron chi connectivity index (χ2n) is 3.65. The van der Waals surface area contributed by atoms with Crippen molar-refractivity contribution in [1.82, 2.24) is 0 Å². The molecule has 104 valence electrons. The van der Waals surface area contributed by atoms with Crippen molar-refractivity contribution in [3.05, 3.63) is 42.2 Å². The fourth-order valence-corrected chi connectivity index (χ4v) is 9.17. The Hall–Kier alpha value is -0.630. The molecule has 1 atom stereocenters. The summed E-state index contributed by atoms with van der Waals surface area (Å²) >= 11 is 0. The minimum Gasteiger partial charge on any atom is -0.176 e. The van der Waals surface area contributed by atoms with Crippen LogP contribution in [0.25, 0.3) is 0 Å². The lowest BCUT2D eigenvalue weighted by Crippen LogP contribution is -2.00. The number of halogens is 4. The quantitative estimate of drug-likeness (QED) is 0.425. The van der Waals surface area contributed by atoms with E-state index in [2.05, 4.69) is 13.5 Å². The van der Waals surface area contributed by atoms with E-state index in [1.165, 1.54) is 24.0 Å². The first-order chi connectivity index (χ1) is 8.79. The summed E-state index contributed by atoms with van der Waals surface area (Å²) in [5, 5.41) is 0.294. The highest BCUT2D eigenvalue weighted by Crippen LogP contribution is 2.81. The van der Waals surface area contributed by atoms with E-state index in [9.17, 15) is 16.8 Å². The van der Waals surface area contributed by atoms with Gasteiger partial charge in [0.25, 0.3) is 0 Å². The van der Waals surface area contributed by atoms with Gasteiger partial charge in [0.15, 0.2) is 0 Å². The molecule has 0 fully saturated rings. The van der Waals surface area contributed by atoms with Crippen molar-refractivity contribution in [1.29, 1.82) is 0 Å². The number of rotatable bonds is 2. The fourth-order valence-electron chi connectivity index (χ4n) is 1.62. The zero-order valence-corrected chi connectivity index (χ0v) is 12.4. The van der Waals surface area contributed by atoms with Gasteiger partial charge in [-0.05, 0) is 12.7 Å². The van der Waals surface area contributed by atoms with Crippen molar-refractivity contribution in [3.8, 4) is 0 Å². The van der Waals surface area contributed by atoms with Crippen molar-refractivity contribution in [2.24, 2.45) is 13.5 Å². The number of hydrogen-bond acceptors (Lipinski definition) is 3. The molecule has 1 aromatic rings. The highest BCUT2D eigenvalue weighted by Gasteiger charge is 2.37. The van der Waals surface area contributed by atoms with Crippen LogP contribution in [0.2, 0.25) is 0 Å². The molecule has 0 N–H and O–H groups in total. The Kier molecular flexibility index (Phi) is 3.92. The molecule has 19 heavy (non-hydrogen) atoms. The maximum atomic E-state index is 13.5. The highest BCUT2D eigenvalue weighted by molar-refractivity contribution is 7.86. The molecule has 1 aliphatic heterocycles. The first-order valence-corrected chi connectivity index (χ1v) is 9.90.